The summed E-state index contributed by atoms with van der Waals surface area (Å²) in [5.74, 6) is -3.99. The van der Waals surface area contributed by atoms with Crippen LogP contribution in [0.1, 0.15) is 42.8 Å². The molecule has 4 aromatic carbocycles. The normalized spacial score (nSPS) is 14.5. The number of hydrogen-bond acceptors (Lipinski definition) is 6. The summed E-state index contributed by atoms with van der Waals surface area (Å²) in [7, 11) is 1.25. The lowest BCUT2D eigenvalue weighted by Gasteiger charge is -2.23. The van der Waals surface area contributed by atoms with Crippen LogP contribution in [0.2, 0.25) is 0 Å². The zero-order chi connectivity index (χ0) is 29.1. The molecule has 0 saturated heterocycles. The van der Waals surface area contributed by atoms with Crippen LogP contribution in [0.15, 0.2) is 90.0 Å². The second kappa shape index (κ2) is 11.8. The van der Waals surface area contributed by atoms with E-state index in [1.165, 1.54) is 31.4 Å². The van der Waals surface area contributed by atoms with Crippen molar-refractivity contribution in [3.63, 3.8) is 0 Å². The molecule has 0 bridgehead atoms. The van der Waals surface area contributed by atoms with Gasteiger partial charge >= 0.3 is 0 Å². The molecule has 41 heavy (non-hydrogen) atoms. The fourth-order valence-electron chi connectivity index (χ4n) is 4.17. The lowest BCUT2D eigenvalue weighted by molar-refractivity contribution is 0.0737. The summed E-state index contributed by atoms with van der Waals surface area (Å²) in [6, 6.07) is 20.8. The number of benzene rings is 4. The van der Waals surface area contributed by atoms with Crippen LogP contribution in [-0.4, -0.2) is 29.0 Å². The first kappa shape index (κ1) is 27.8. The molecule has 7 nitrogen and oxygen atoms in total. The molecule has 11 heteroatoms. The third-order valence-corrected chi connectivity index (χ3v) is 7.42. The van der Waals surface area contributed by atoms with Crippen molar-refractivity contribution in [2.75, 3.05) is 7.11 Å². The molecule has 4 aromatic rings. The number of primary amides is 1. The Morgan fingerprint density at radius 3 is 2.34 bits per heavy atom. The van der Waals surface area contributed by atoms with Gasteiger partial charge in [0.25, 0.3) is 5.91 Å². The minimum absolute atomic E-state index is 0.0663. The minimum atomic E-state index is -1.11. The van der Waals surface area contributed by atoms with Crippen molar-refractivity contribution >= 4 is 28.6 Å². The summed E-state index contributed by atoms with van der Waals surface area (Å²) in [5, 5.41) is 4.83. The van der Waals surface area contributed by atoms with E-state index in [-0.39, 0.29) is 12.4 Å². The molecule has 1 aliphatic heterocycles. The van der Waals surface area contributed by atoms with Gasteiger partial charge in [0.15, 0.2) is 0 Å². The standard InChI is InChI=1S/C30H22F3N3O4S/c1-39-21-14-23(32)26(24(33)15-21)29(38)36-30(41-28(35-36)18-9-11-20(31)12-10-18)22-7-2-3-8-25(22)40-16-17-5-4-6-19(13-17)27(34)37/h2-15,30H,16H2,1H3,(H2,34,37). The Balaban J connectivity index is 1.52. The number of thioether (sulfide) groups is 1. The lowest BCUT2D eigenvalue weighted by atomic mass is 10.1. The number of amides is 2. The SMILES string of the molecule is COc1cc(F)c(C(=O)N2N=C(c3ccc(F)cc3)SC2c2ccccc2OCc2cccc(C(N)=O)c2)c(F)c1. The Kier molecular flexibility index (Phi) is 7.97. The van der Waals surface area contributed by atoms with Crippen LogP contribution in [0.4, 0.5) is 13.2 Å². The van der Waals surface area contributed by atoms with E-state index < -0.39 is 40.2 Å². The zero-order valence-corrected chi connectivity index (χ0v) is 22.3. The Morgan fingerprint density at radius 2 is 1.66 bits per heavy atom. The van der Waals surface area contributed by atoms with E-state index in [2.05, 4.69) is 5.10 Å². The molecule has 1 unspecified atom stereocenters. The first-order chi connectivity index (χ1) is 19.7. The maximum Gasteiger partial charge on any atom is 0.281 e. The number of methoxy groups -OCH3 is 1. The van der Waals surface area contributed by atoms with Gasteiger partial charge in [-0.15, -0.1) is 0 Å². The van der Waals surface area contributed by atoms with Gasteiger partial charge in [0.2, 0.25) is 5.91 Å². The molecule has 2 amide bonds. The lowest BCUT2D eigenvalue weighted by Crippen LogP contribution is -2.28. The fraction of sp³-hybridized carbons (Fsp3) is 0.100. The molecule has 208 valence electrons. The van der Waals surface area contributed by atoms with E-state index in [4.69, 9.17) is 15.2 Å². The summed E-state index contributed by atoms with van der Waals surface area (Å²) in [6.45, 7) is 0.0663. The van der Waals surface area contributed by atoms with Crippen LogP contribution in [0, 0.1) is 17.5 Å². The molecule has 2 N–H and O–H groups in total. The number of rotatable bonds is 8. The Bertz CT molecular complexity index is 1640. The van der Waals surface area contributed by atoms with Crippen molar-refractivity contribution in [2.45, 2.75) is 12.0 Å². The highest BCUT2D eigenvalue weighted by Gasteiger charge is 2.38. The Morgan fingerprint density at radius 1 is 0.951 bits per heavy atom. The van der Waals surface area contributed by atoms with E-state index in [9.17, 15) is 22.8 Å². The number of nitrogens with zero attached hydrogens (tertiary/aromatic N) is 2. The Labute approximate surface area is 237 Å². The summed E-state index contributed by atoms with van der Waals surface area (Å²) in [4.78, 5) is 25.2. The maximum atomic E-state index is 15.0. The minimum Gasteiger partial charge on any atom is -0.497 e. The number of nitrogens with two attached hydrogens (primary N) is 1. The smallest absolute Gasteiger partial charge is 0.281 e. The third kappa shape index (κ3) is 5.90. The molecule has 0 radical (unpaired) electrons. The quantitative estimate of drug-likeness (QED) is 0.276. The maximum absolute atomic E-state index is 15.0. The van der Waals surface area contributed by atoms with Crippen molar-refractivity contribution in [1.82, 2.24) is 5.01 Å². The van der Waals surface area contributed by atoms with Crippen molar-refractivity contribution in [3.8, 4) is 11.5 Å². The van der Waals surface area contributed by atoms with Crippen LogP contribution in [0.25, 0.3) is 0 Å². The van der Waals surface area contributed by atoms with Gasteiger partial charge in [0.05, 0.1) is 7.11 Å². The fourth-order valence-corrected chi connectivity index (χ4v) is 5.36. The van der Waals surface area contributed by atoms with Gasteiger partial charge in [-0.05, 0) is 48.0 Å². The first-order valence-electron chi connectivity index (χ1n) is 12.2. The number of carbonyl (C=O) groups is 2. The number of hydrogen-bond donors (Lipinski definition) is 1. The van der Waals surface area contributed by atoms with Crippen molar-refractivity contribution < 1.29 is 32.2 Å². The number of hydrazone groups is 1. The highest BCUT2D eigenvalue weighted by atomic mass is 32.2. The summed E-state index contributed by atoms with van der Waals surface area (Å²) < 4.78 is 54.5. The second-order valence-electron chi connectivity index (χ2n) is 8.89. The van der Waals surface area contributed by atoms with E-state index in [1.807, 2.05) is 0 Å². The van der Waals surface area contributed by atoms with Gasteiger partial charge in [-0.1, -0.05) is 42.1 Å². The van der Waals surface area contributed by atoms with Crippen molar-refractivity contribution in [2.24, 2.45) is 10.8 Å². The number of ether oxygens (including phenoxy) is 2. The summed E-state index contributed by atoms with van der Waals surface area (Å²) in [6.07, 6.45) is 0. The van der Waals surface area contributed by atoms with Crippen LogP contribution < -0.4 is 15.2 Å². The second-order valence-corrected chi connectivity index (χ2v) is 9.96. The number of halogens is 3. The molecule has 0 aliphatic carbocycles. The molecule has 0 saturated carbocycles. The van der Waals surface area contributed by atoms with Gasteiger partial charge < -0.3 is 15.2 Å². The monoisotopic (exact) mass is 577 g/mol. The van der Waals surface area contributed by atoms with Gasteiger partial charge in [-0.3, -0.25) is 9.59 Å². The predicted octanol–water partition coefficient (Wildman–Crippen LogP) is 6.04. The molecule has 0 fully saturated rings. The zero-order valence-electron chi connectivity index (χ0n) is 21.5. The molecule has 0 aromatic heterocycles. The van der Waals surface area contributed by atoms with Gasteiger partial charge in [0, 0.05) is 28.8 Å². The van der Waals surface area contributed by atoms with E-state index in [0.29, 0.717) is 33.0 Å². The first-order valence-corrected chi connectivity index (χ1v) is 13.1. The average Bonchev–Trinajstić information content (AvgIpc) is 3.41. The Hall–Kier alpha value is -4.77. The molecular weight excluding hydrogens is 555 g/mol. The summed E-state index contributed by atoms with van der Waals surface area (Å²) >= 11 is 1.14. The molecule has 1 heterocycles. The van der Waals surface area contributed by atoms with Crippen LogP contribution in [0.5, 0.6) is 11.5 Å². The van der Waals surface area contributed by atoms with Gasteiger partial charge in [-0.25, -0.2) is 18.2 Å². The van der Waals surface area contributed by atoms with Gasteiger partial charge in [0.1, 0.15) is 51.5 Å². The average molecular weight is 578 g/mol. The van der Waals surface area contributed by atoms with E-state index in [1.54, 1.807) is 48.5 Å². The van der Waals surface area contributed by atoms with Crippen molar-refractivity contribution in [3.05, 3.63) is 130 Å². The van der Waals surface area contributed by atoms with Crippen LogP contribution in [-0.2, 0) is 6.61 Å². The van der Waals surface area contributed by atoms with Gasteiger partial charge in [-0.2, -0.15) is 5.10 Å². The molecule has 5 rings (SSSR count). The van der Waals surface area contributed by atoms with E-state index >= 15 is 0 Å². The highest BCUT2D eigenvalue weighted by molar-refractivity contribution is 8.14. The third-order valence-electron chi connectivity index (χ3n) is 6.20. The summed E-state index contributed by atoms with van der Waals surface area (Å²) in [5.41, 5.74) is 6.58. The largest absolute Gasteiger partial charge is 0.497 e. The van der Waals surface area contributed by atoms with Crippen LogP contribution in [0.3, 0.4) is 0 Å². The molecular formula is C30H22F3N3O4S. The van der Waals surface area contributed by atoms with Crippen LogP contribution >= 0.6 is 11.8 Å². The molecule has 1 atom stereocenters. The van der Waals surface area contributed by atoms with Crippen molar-refractivity contribution in [1.29, 1.82) is 0 Å². The topological polar surface area (TPSA) is 94.2 Å². The number of carbonyl (C=O) groups excluding carboxylic acids is 2. The predicted molar refractivity (Wildman–Crippen MR) is 148 cm³/mol. The molecule has 1 aliphatic rings. The van der Waals surface area contributed by atoms with E-state index in [0.717, 1.165) is 28.9 Å². The highest BCUT2D eigenvalue weighted by Crippen LogP contribution is 2.45. The number of para-hydroxylation sites is 1. The molecule has 0 spiro atoms.